The largest absolute Gasteiger partial charge is 0.370 e. The van der Waals surface area contributed by atoms with Crippen LogP contribution < -0.4 is 5.32 Å². The second kappa shape index (κ2) is 4.55. The van der Waals surface area contributed by atoms with Crippen molar-refractivity contribution in [3.05, 3.63) is 36.0 Å². The number of para-hydroxylation sites is 1. The van der Waals surface area contributed by atoms with Crippen LogP contribution in [-0.2, 0) is 0 Å². The lowest BCUT2D eigenvalue weighted by atomic mass is 10.1. The molecule has 1 N–H and O–H groups in total. The summed E-state index contributed by atoms with van der Waals surface area (Å²) < 4.78 is 0. The zero-order valence-corrected chi connectivity index (χ0v) is 9.44. The van der Waals surface area contributed by atoms with Gasteiger partial charge in [-0.2, -0.15) is 5.26 Å². The molecule has 2 rings (SSSR count). The highest BCUT2D eigenvalue weighted by Gasteiger charge is 2.09. The molecule has 1 heterocycles. The maximum absolute atomic E-state index is 9.08. The zero-order chi connectivity index (χ0) is 12.3. The third-order valence-electron chi connectivity index (χ3n) is 2.51. The van der Waals surface area contributed by atoms with E-state index in [0.717, 1.165) is 16.6 Å². The van der Waals surface area contributed by atoms with Crippen LogP contribution in [0, 0.1) is 23.7 Å². The van der Waals surface area contributed by atoms with Crippen LogP contribution in [0.15, 0.2) is 30.5 Å². The second-order valence-electron chi connectivity index (χ2n) is 3.71. The molecule has 1 atom stereocenters. The number of pyridine rings is 1. The molecule has 0 saturated heterocycles. The van der Waals surface area contributed by atoms with E-state index < -0.39 is 0 Å². The van der Waals surface area contributed by atoms with Crippen LogP contribution in [0.4, 0.5) is 5.69 Å². The number of nitrogens with one attached hydrogen (secondary N) is 1. The fourth-order valence-corrected chi connectivity index (χ4v) is 1.64. The Hall–Kier alpha value is -2.52. The second-order valence-corrected chi connectivity index (χ2v) is 3.71. The highest BCUT2D eigenvalue weighted by molar-refractivity contribution is 5.94. The Morgan fingerprint density at radius 1 is 1.41 bits per heavy atom. The molecule has 82 valence electrons. The molecule has 0 bridgehead atoms. The summed E-state index contributed by atoms with van der Waals surface area (Å²) in [4.78, 5) is 4.23. The van der Waals surface area contributed by atoms with Crippen LogP contribution in [0.5, 0.6) is 0 Å². The first-order valence-electron chi connectivity index (χ1n) is 5.26. The molecule has 2 aromatic rings. The van der Waals surface area contributed by atoms with E-state index in [1.54, 1.807) is 6.20 Å². The predicted octanol–water partition coefficient (Wildman–Crippen LogP) is 2.54. The normalized spacial score (nSPS) is 11.5. The molecule has 0 fully saturated rings. The maximum Gasteiger partial charge on any atom is 0.103 e. The molecule has 0 saturated carbocycles. The van der Waals surface area contributed by atoms with Crippen molar-refractivity contribution < 1.29 is 0 Å². The number of hydrogen-bond donors (Lipinski definition) is 1. The number of anilines is 1. The molecule has 1 aromatic heterocycles. The van der Waals surface area contributed by atoms with Gasteiger partial charge in [0.2, 0.25) is 0 Å². The van der Waals surface area contributed by atoms with Crippen LogP contribution in [0.2, 0.25) is 0 Å². The number of nitrogens with zero attached hydrogens (tertiary/aromatic N) is 2. The monoisotopic (exact) mass is 221 g/mol. The highest BCUT2D eigenvalue weighted by atomic mass is 14.9. The lowest BCUT2D eigenvalue weighted by Crippen LogP contribution is -2.13. The Labute approximate surface area is 100 Å². The van der Waals surface area contributed by atoms with Crippen LogP contribution >= 0.6 is 0 Å². The van der Waals surface area contributed by atoms with E-state index in [2.05, 4.69) is 22.3 Å². The Morgan fingerprint density at radius 2 is 2.18 bits per heavy atom. The van der Waals surface area contributed by atoms with Crippen molar-refractivity contribution in [3.8, 4) is 18.4 Å². The van der Waals surface area contributed by atoms with Gasteiger partial charge in [0.15, 0.2) is 0 Å². The fraction of sp³-hybridized carbons (Fsp3) is 0.143. The van der Waals surface area contributed by atoms with Gasteiger partial charge in [0, 0.05) is 11.6 Å². The lowest BCUT2D eigenvalue weighted by molar-refractivity contribution is 1.04. The average molecular weight is 221 g/mol. The average Bonchev–Trinajstić information content (AvgIpc) is 2.39. The Kier molecular flexibility index (Phi) is 2.94. The summed E-state index contributed by atoms with van der Waals surface area (Å²) in [6, 6.07) is 9.65. The number of rotatable bonds is 2. The molecule has 0 amide bonds. The van der Waals surface area contributed by atoms with E-state index in [-0.39, 0.29) is 6.04 Å². The SMILES string of the molecule is C#CC(C)Nc1c(C#N)cnc2ccccc12. The number of fused-ring (bicyclic) bond motifs is 1. The van der Waals surface area contributed by atoms with Crippen LogP contribution in [-0.4, -0.2) is 11.0 Å². The summed E-state index contributed by atoms with van der Waals surface area (Å²) in [5.41, 5.74) is 2.10. The number of hydrogen-bond acceptors (Lipinski definition) is 3. The molecule has 0 spiro atoms. The molecular weight excluding hydrogens is 210 g/mol. The minimum atomic E-state index is -0.132. The van der Waals surface area contributed by atoms with E-state index in [1.807, 2.05) is 31.2 Å². The van der Waals surface area contributed by atoms with E-state index in [1.165, 1.54) is 0 Å². The Bertz CT molecular complexity index is 632. The first kappa shape index (κ1) is 11.0. The smallest absolute Gasteiger partial charge is 0.103 e. The summed E-state index contributed by atoms with van der Waals surface area (Å²) in [6.07, 6.45) is 6.91. The van der Waals surface area contributed by atoms with E-state index >= 15 is 0 Å². The first-order chi connectivity index (χ1) is 8.26. The lowest BCUT2D eigenvalue weighted by Gasteiger charge is -2.13. The standard InChI is InChI=1S/C14H11N3/c1-3-10(2)17-14-11(8-15)9-16-13-7-5-4-6-12(13)14/h1,4-7,9-10H,2H3,(H,16,17). The Balaban J connectivity index is 2.65. The summed E-state index contributed by atoms with van der Waals surface area (Å²) in [7, 11) is 0. The van der Waals surface area contributed by atoms with Crippen molar-refractivity contribution in [3.63, 3.8) is 0 Å². The third-order valence-corrected chi connectivity index (χ3v) is 2.51. The molecule has 0 aliphatic carbocycles. The van der Waals surface area contributed by atoms with Crippen molar-refractivity contribution in [2.75, 3.05) is 5.32 Å². The van der Waals surface area contributed by atoms with Gasteiger partial charge in [-0.15, -0.1) is 6.42 Å². The molecule has 17 heavy (non-hydrogen) atoms. The topological polar surface area (TPSA) is 48.7 Å². The van der Waals surface area contributed by atoms with E-state index in [4.69, 9.17) is 11.7 Å². The van der Waals surface area contributed by atoms with Crippen molar-refractivity contribution in [2.45, 2.75) is 13.0 Å². The van der Waals surface area contributed by atoms with Crippen LogP contribution in [0.3, 0.4) is 0 Å². The zero-order valence-electron chi connectivity index (χ0n) is 9.44. The molecule has 1 unspecified atom stereocenters. The van der Waals surface area contributed by atoms with Gasteiger partial charge in [-0.25, -0.2) is 0 Å². The van der Waals surface area contributed by atoms with Crippen molar-refractivity contribution in [2.24, 2.45) is 0 Å². The number of aromatic nitrogens is 1. The van der Waals surface area contributed by atoms with Gasteiger partial charge in [0.25, 0.3) is 0 Å². The summed E-state index contributed by atoms with van der Waals surface area (Å²) in [6.45, 7) is 1.87. The van der Waals surface area contributed by atoms with Crippen LogP contribution in [0.25, 0.3) is 10.9 Å². The molecule has 1 aromatic carbocycles. The molecule has 0 radical (unpaired) electrons. The van der Waals surface area contributed by atoms with Gasteiger partial charge in [-0.05, 0) is 13.0 Å². The van der Waals surface area contributed by atoms with Crippen LogP contribution in [0.1, 0.15) is 12.5 Å². The van der Waals surface area contributed by atoms with Crippen molar-refractivity contribution in [1.29, 1.82) is 5.26 Å². The molecular formula is C14H11N3. The molecule has 0 aliphatic rings. The summed E-state index contributed by atoms with van der Waals surface area (Å²) >= 11 is 0. The minimum Gasteiger partial charge on any atom is -0.370 e. The quantitative estimate of drug-likeness (QED) is 0.793. The van der Waals surface area contributed by atoms with Gasteiger partial charge >= 0.3 is 0 Å². The van der Waals surface area contributed by atoms with Crippen molar-refractivity contribution >= 4 is 16.6 Å². The highest BCUT2D eigenvalue weighted by Crippen LogP contribution is 2.25. The van der Waals surface area contributed by atoms with Crippen molar-refractivity contribution in [1.82, 2.24) is 4.98 Å². The maximum atomic E-state index is 9.08. The van der Waals surface area contributed by atoms with Gasteiger partial charge in [-0.1, -0.05) is 24.1 Å². The molecule has 0 aliphatic heterocycles. The fourth-order valence-electron chi connectivity index (χ4n) is 1.64. The first-order valence-corrected chi connectivity index (χ1v) is 5.26. The van der Waals surface area contributed by atoms with Gasteiger partial charge in [0.05, 0.1) is 22.8 Å². The summed E-state index contributed by atoms with van der Waals surface area (Å²) in [5.74, 6) is 2.59. The third kappa shape index (κ3) is 2.04. The summed E-state index contributed by atoms with van der Waals surface area (Å²) in [5, 5.41) is 13.1. The minimum absolute atomic E-state index is 0.132. The molecule has 3 nitrogen and oxygen atoms in total. The number of benzene rings is 1. The number of nitriles is 1. The predicted molar refractivity (Wildman–Crippen MR) is 68.4 cm³/mol. The van der Waals surface area contributed by atoms with E-state index in [9.17, 15) is 0 Å². The van der Waals surface area contributed by atoms with Gasteiger partial charge in [0.1, 0.15) is 6.07 Å². The Morgan fingerprint density at radius 3 is 2.88 bits per heavy atom. The molecule has 3 heteroatoms. The van der Waals surface area contributed by atoms with Gasteiger partial charge < -0.3 is 5.32 Å². The van der Waals surface area contributed by atoms with Gasteiger partial charge in [-0.3, -0.25) is 4.98 Å². The van der Waals surface area contributed by atoms with E-state index in [0.29, 0.717) is 5.56 Å². The number of terminal acetylenes is 1.